The molecule has 0 aromatic heterocycles. The van der Waals surface area contributed by atoms with Gasteiger partial charge in [0.15, 0.2) is 0 Å². The van der Waals surface area contributed by atoms with Crippen molar-refractivity contribution < 1.29 is 9.90 Å². The predicted molar refractivity (Wildman–Crippen MR) is 65.3 cm³/mol. The van der Waals surface area contributed by atoms with Crippen LogP contribution in [-0.2, 0) is 0 Å². The minimum atomic E-state index is -0.826. The van der Waals surface area contributed by atoms with Crippen LogP contribution in [0.3, 0.4) is 0 Å². The van der Waals surface area contributed by atoms with Crippen molar-refractivity contribution >= 4 is 5.97 Å². The lowest BCUT2D eigenvalue weighted by molar-refractivity contribution is 0.0695. The first-order chi connectivity index (χ1) is 8.24. The lowest BCUT2D eigenvalue weighted by Gasteiger charge is -2.45. The van der Waals surface area contributed by atoms with Gasteiger partial charge in [-0.15, -0.1) is 0 Å². The Kier molecular flexibility index (Phi) is 2.63. The van der Waals surface area contributed by atoms with Crippen LogP contribution in [-0.4, -0.2) is 35.6 Å². The molecule has 3 heterocycles. The Bertz CT molecular complexity index is 436. The van der Waals surface area contributed by atoms with Gasteiger partial charge in [-0.1, -0.05) is 12.1 Å². The summed E-state index contributed by atoms with van der Waals surface area (Å²) in [5.41, 5.74) is 1.62. The van der Waals surface area contributed by atoms with Crippen molar-refractivity contribution in [3.63, 3.8) is 0 Å². The number of benzene rings is 1. The average molecular weight is 231 g/mol. The minimum Gasteiger partial charge on any atom is -0.478 e. The topological polar surface area (TPSA) is 40.5 Å². The highest BCUT2D eigenvalue weighted by molar-refractivity contribution is 5.87. The van der Waals surface area contributed by atoms with Crippen LogP contribution in [0.2, 0.25) is 0 Å². The van der Waals surface area contributed by atoms with Gasteiger partial charge in [0, 0.05) is 6.54 Å². The Hall–Kier alpha value is -1.35. The molecule has 3 nitrogen and oxygen atoms in total. The molecule has 90 valence electrons. The number of hydrogen-bond donors (Lipinski definition) is 1. The van der Waals surface area contributed by atoms with E-state index in [2.05, 4.69) is 11.0 Å². The third-order valence-electron chi connectivity index (χ3n) is 4.22. The third kappa shape index (κ3) is 1.95. The van der Waals surface area contributed by atoms with Gasteiger partial charge in [0.25, 0.3) is 0 Å². The summed E-state index contributed by atoms with van der Waals surface area (Å²) in [5, 5.41) is 9.03. The van der Waals surface area contributed by atoms with Crippen molar-refractivity contribution in [2.75, 3.05) is 19.6 Å². The van der Waals surface area contributed by atoms with E-state index in [0.29, 0.717) is 11.5 Å². The Morgan fingerprint density at radius 1 is 1.29 bits per heavy atom. The van der Waals surface area contributed by atoms with E-state index < -0.39 is 5.97 Å². The monoisotopic (exact) mass is 231 g/mol. The van der Waals surface area contributed by atoms with E-state index in [4.69, 9.17) is 5.11 Å². The van der Waals surface area contributed by atoms with Gasteiger partial charge < -0.3 is 10.0 Å². The van der Waals surface area contributed by atoms with Gasteiger partial charge in [-0.25, -0.2) is 4.79 Å². The molecule has 3 aliphatic rings. The smallest absolute Gasteiger partial charge is 0.335 e. The van der Waals surface area contributed by atoms with Gasteiger partial charge in [0.1, 0.15) is 0 Å². The van der Waals surface area contributed by atoms with Crippen LogP contribution in [0.25, 0.3) is 0 Å². The second-order valence-electron chi connectivity index (χ2n) is 5.18. The van der Waals surface area contributed by atoms with Crippen molar-refractivity contribution in [3.8, 4) is 0 Å². The maximum atomic E-state index is 11.0. The zero-order valence-electron chi connectivity index (χ0n) is 9.80. The van der Waals surface area contributed by atoms with Gasteiger partial charge in [-0.05, 0) is 55.5 Å². The summed E-state index contributed by atoms with van der Waals surface area (Å²) in [5.74, 6) is 0.467. The molecule has 3 heteroatoms. The summed E-state index contributed by atoms with van der Waals surface area (Å²) in [6.45, 7) is 3.55. The molecule has 2 bridgehead atoms. The minimum absolute atomic E-state index is 0.416. The summed E-state index contributed by atoms with van der Waals surface area (Å²) in [6, 6.07) is 7.48. The fourth-order valence-electron chi connectivity index (χ4n) is 3.25. The Morgan fingerprint density at radius 2 is 2.06 bits per heavy atom. The van der Waals surface area contributed by atoms with Gasteiger partial charge in [-0.2, -0.15) is 0 Å². The molecule has 1 aromatic rings. The number of hydrogen-bond acceptors (Lipinski definition) is 2. The third-order valence-corrected chi connectivity index (χ3v) is 4.22. The summed E-state index contributed by atoms with van der Waals surface area (Å²) in [4.78, 5) is 13.5. The summed E-state index contributed by atoms with van der Waals surface area (Å²) in [7, 11) is 0. The summed E-state index contributed by atoms with van der Waals surface area (Å²) in [6.07, 6.45) is 2.53. The number of nitrogens with zero attached hydrogens (tertiary/aromatic N) is 1. The van der Waals surface area contributed by atoms with Crippen LogP contribution in [0.5, 0.6) is 0 Å². The molecule has 1 aromatic carbocycles. The van der Waals surface area contributed by atoms with Gasteiger partial charge >= 0.3 is 5.97 Å². The quantitative estimate of drug-likeness (QED) is 0.848. The van der Waals surface area contributed by atoms with Crippen LogP contribution >= 0.6 is 0 Å². The second-order valence-corrected chi connectivity index (χ2v) is 5.18. The lowest BCUT2D eigenvalue weighted by Crippen LogP contribution is -2.46. The predicted octanol–water partition coefficient (Wildman–Crippen LogP) is 2.19. The Labute approximate surface area is 101 Å². The van der Waals surface area contributed by atoms with E-state index in [1.54, 1.807) is 6.07 Å². The SMILES string of the molecule is O=C(O)c1cccc(C2CN3CCC2CC3)c1. The van der Waals surface area contributed by atoms with Crippen molar-refractivity contribution in [3.05, 3.63) is 35.4 Å². The molecule has 0 amide bonds. The van der Waals surface area contributed by atoms with E-state index in [1.165, 1.54) is 31.5 Å². The zero-order chi connectivity index (χ0) is 11.8. The molecule has 1 unspecified atom stereocenters. The van der Waals surface area contributed by atoms with E-state index in [-0.39, 0.29) is 0 Å². The Morgan fingerprint density at radius 3 is 2.65 bits per heavy atom. The average Bonchev–Trinajstić information content (AvgIpc) is 2.40. The number of carbonyl (C=O) groups is 1. The number of rotatable bonds is 2. The first-order valence-electron chi connectivity index (χ1n) is 6.29. The molecule has 0 spiro atoms. The molecule has 0 aliphatic carbocycles. The first kappa shape index (κ1) is 10.8. The molecule has 4 rings (SSSR count). The highest BCUT2D eigenvalue weighted by Gasteiger charge is 2.34. The molecule has 17 heavy (non-hydrogen) atoms. The second kappa shape index (κ2) is 4.15. The lowest BCUT2D eigenvalue weighted by atomic mass is 9.75. The van der Waals surface area contributed by atoms with Gasteiger partial charge in [0.05, 0.1) is 5.56 Å². The number of fused-ring (bicyclic) bond motifs is 3. The van der Waals surface area contributed by atoms with E-state index in [9.17, 15) is 4.79 Å². The molecule has 0 radical (unpaired) electrons. The maximum Gasteiger partial charge on any atom is 0.335 e. The van der Waals surface area contributed by atoms with Crippen molar-refractivity contribution in [1.82, 2.24) is 4.90 Å². The fourth-order valence-corrected chi connectivity index (χ4v) is 3.25. The molecule has 0 saturated carbocycles. The summed E-state index contributed by atoms with van der Waals surface area (Å²) >= 11 is 0. The summed E-state index contributed by atoms with van der Waals surface area (Å²) < 4.78 is 0. The van der Waals surface area contributed by atoms with Gasteiger partial charge in [-0.3, -0.25) is 0 Å². The molecule has 1 N–H and O–H groups in total. The van der Waals surface area contributed by atoms with E-state index in [0.717, 1.165) is 12.5 Å². The van der Waals surface area contributed by atoms with Crippen LogP contribution in [0.1, 0.15) is 34.7 Å². The maximum absolute atomic E-state index is 11.0. The van der Waals surface area contributed by atoms with E-state index in [1.807, 2.05) is 12.1 Å². The van der Waals surface area contributed by atoms with Crippen molar-refractivity contribution in [2.24, 2.45) is 5.92 Å². The number of piperidine rings is 3. The van der Waals surface area contributed by atoms with Crippen molar-refractivity contribution in [1.29, 1.82) is 0 Å². The van der Waals surface area contributed by atoms with Crippen LogP contribution in [0.15, 0.2) is 24.3 Å². The Balaban J connectivity index is 1.88. The molecule has 1 atom stereocenters. The van der Waals surface area contributed by atoms with Crippen LogP contribution in [0, 0.1) is 5.92 Å². The van der Waals surface area contributed by atoms with E-state index >= 15 is 0 Å². The van der Waals surface area contributed by atoms with Gasteiger partial charge in [0.2, 0.25) is 0 Å². The zero-order valence-corrected chi connectivity index (χ0v) is 9.80. The molecular weight excluding hydrogens is 214 g/mol. The number of carboxylic acids is 1. The standard InChI is InChI=1S/C14H17NO2/c16-14(17)12-3-1-2-11(8-12)13-9-15-6-4-10(13)5-7-15/h1-3,8,10,13H,4-7,9H2,(H,16,17). The van der Waals surface area contributed by atoms with Crippen molar-refractivity contribution in [2.45, 2.75) is 18.8 Å². The molecular formula is C14H17NO2. The first-order valence-corrected chi connectivity index (χ1v) is 6.29. The van der Waals surface area contributed by atoms with Crippen LogP contribution in [0.4, 0.5) is 0 Å². The number of carboxylic acid groups (broad SMARTS) is 1. The highest BCUT2D eigenvalue weighted by Crippen LogP contribution is 2.38. The van der Waals surface area contributed by atoms with Crippen LogP contribution < -0.4 is 0 Å². The highest BCUT2D eigenvalue weighted by atomic mass is 16.4. The number of aromatic carboxylic acids is 1. The fraction of sp³-hybridized carbons (Fsp3) is 0.500. The largest absolute Gasteiger partial charge is 0.478 e. The molecule has 3 fully saturated rings. The molecule has 3 saturated heterocycles. The molecule has 3 aliphatic heterocycles. The normalized spacial score (nSPS) is 31.4.